The Morgan fingerprint density at radius 2 is 2.33 bits per heavy atom. The SMILES string of the molecule is NC1COc2cc(OCC(=O)NC3CC3)ccc21. The first kappa shape index (κ1) is 11.3. The molecule has 0 saturated heterocycles. The summed E-state index contributed by atoms with van der Waals surface area (Å²) in [6.07, 6.45) is 2.16. The van der Waals surface area contributed by atoms with Crippen LogP contribution in [0.2, 0.25) is 0 Å². The Labute approximate surface area is 105 Å². The van der Waals surface area contributed by atoms with Gasteiger partial charge in [0.1, 0.15) is 18.1 Å². The number of ether oxygens (including phenoxy) is 2. The fourth-order valence-electron chi connectivity index (χ4n) is 1.95. The van der Waals surface area contributed by atoms with E-state index in [0.29, 0.717) is 18.4 Å². The van der Waals surface area contributed by atoms with Crippen LogP contribution < -0.4 is 20.5 Å². The molecule has 0 radical (unpaired) electrons. The Kier molecular flexibility index (Phi) is 2.83. The van der Waals surface area contributed by atoms with E-state index in [1.807, 2.05) is 12.1 Å². The second kappa shape index (κ2) is 4.49. The van der Waals surface area contributed by atoms with Crippen molar-refractivity contribution in [2.75, 3.05) is 13.2 Å². The van der Waals surface area contributed by atoms with Gasteiger partial charge in [0, 0.05) is 17.7 Å². The molecule has 2 aliphatic rings. The Hall–Kier alpha value is -1.75. The second-order valence-electron chi connectivity index (χ2n) is 4.75. The largest absolute Gasteiger partial charge is 0.491 e. The monoisotopic (exact) mass is 248 g/mol. The average Bonchev–Trinajstić information content (AvgIpc) is 3.10. The molecule has 5 heteroatoms. The summed E-state index contributed by atoms with van der Waals surface area (Å²) in [7, 11) is 0. The van der Waals surface area contributed by atoms with Crippen molar-refractivity contribution < 1.29 is 14.3 Å². The van der Waals surface area contributed by atoms with Crippen LogP contribution in [0.3, 0.4) is 0 Å². The standard InChI is InChI=1S/C13H16N2O3/c14-11-6-18-12-5-9(3-4-10(11)12)17-7-13(16)15-8-1-2-8/h3-5,8,11H,1-2,6-7,14H2,(H,15,16). The van der Waals surface area contributed by atoms with E-state index in [1.54, 1.807) is 6.07 Å². The fourth-order valence-corrected chi connectivity index (χ4v) is 1.95. The van der Waals surface area contributed by atoms with Gasteiger partial charge >= 0.3 is 0 Å². The predicted octanol–water partition coefficient (Wildman–Crippen LogP) is 0.736. The number of hydrogen-bond acceptors (Lipinski definition) is 4. The first-order valence-electron chi connectivity index (χ1n) is 6.17. The molecule has 18 heavy (non-hydrogen) atoms. The van der Waals surface area contributed by atoms with Crippen LogP contribution in [0.4, 0.5) is 0 Å². The van der Waals surface area contributed by atoms with Crippen molar-refractivity contribution in [1.29, 1.82) is 0 Å². The highest BCUT2D eigenvalue weighted by Crippen LogP contribution is 2.33. The average molecular weight is 248 g/mol. The molecule has 1 fully saturated rings. The number of carbonyl (C=O) groups is 1. The molecular formula is C13H16N2O3. The summed E-state index contributed by atoms with van der Waals surface area (Å²) in [5.74, 6) is 1.31. The van der Waals surface area contributed by atoms with E-state index in [-0.39, 0.29) is 18.6 Å². The van der Waals surface area contributed by atoms with Crippen LogP contribution in [0, 0.1) is 0 Å². The molecule has 1 unspecified atom stereocenters. The van der Waals surface area contributed by atoms with Crippen molar-refractivity contribution in [2.45, 2.75) is 24.9 Å². The van der Waals surface area contributed by atoms with Crippen LogP contribution in [0.15, 0.2) is 18.2 Å². The van der Waals surface area contributed by atoms with Gasteiger partial charge in [0.2, 0.25) is 0 Å². The summed E-state index contributed by atoms with van der Waals surface area (Å²) >= 11 is 0. The summed E-state index contributed by atoms with van der Waals surface area (Å²) in [5.41, 5.74) is 6.84. The van der Waals surface area contributed by atoms with Gasteiger partial charge < -0.3 is 20.5 Å². The highest BCUT2D eigenvalue weighted by atomic mass is 16.5. The summed E-state index contributed by atoms with van der Waals surface area (Å²) in [6.45, 7) is 0.544. The third-order valence-corrected chi connectivity index (χ3v) is 3.12. The van der Waals surface area contributed by atoms with E-state index in [4.69, 9.17) is 15.2 Å². The van der Waals surface area contributed by atoms with Gasteiger partial charge in [-0.1, -0.05) is 0 Å². The van der Waals surface area contributed by atoms with Gasteiger partial charge in [-0.15, -0.1) is 0 Å². The minimum atomic E-state index is -0.0735. The van der Waals surface area contributed by atoms with Gasteiger partial charge in [0.25, 0.3) is 5.91 Å². The molecule has 1 amide bonds. The van der Waals surface area contributed by atoms with Crippen molar-refractivity contribution in [3.8, 4) is 11.5 Å². The summed E-state index contributed by atoms with van der Waals surface area (Å²) < 4.78 is 10.9. The van der Waals surface area contributed by atoms with E-state index in [2.05, 4.69) is 5.32 Å². The molecule has 3 N–H and O–H groups in total. The van der Waals surface area contributed by atoms with E-state index < -0.39 is 0 Å². The maximum Gasteiger partial charge on any atom is 0.258 e. The van der Waals surface area contributed by atoms with E-state index in [9.17, 15) is 4.79 Å². The molecule has 1 aliphatic carbocycles. The summed E-state index contributed by atoms with van der Waals surface area (Å²) in [6, 6.07) is 5.79. The van der Waals surface area contributed by atoms with Crippen molar-refractivity contribution in [1.82, 2.24) is 5.32 Å². The van der Waals surface area contributed by atoms with Crippen LogP contribution in [0.1, 0.15) is 24.4 Å². The zero-order valence-corrected chi connectivity index (χ0v) is 10.0. The third kappa shape index (κ3) is 2.41. The quantitative estimate of drug-likeness (QED) is 0.824. The molecule has 1 aromatic carbocycles. The van der Waals surface area contributed by atoms with E-state index in [1.165, 1.54) is 0 Å². The van der Waals surface area contributed by atoms with Gasteiger partial charge in [-0.25, -0.2) is 0 Å². The number of carbonyl (C=O) groups excluding carboxylic acids is 1. The van der Waals surface area contributed by atoms with Gasteiger partial charge in [-0.2, -0.15) is 0 Å². The lowest BCUT2D eigenvalue weighted by molar-refractivity contribution is -0.123. The van der Waals surface area contributed by atoms with Gasteiger partial charge in [0.15, 0.2) is 6.61 Å². The Morgan fingerprint density at radius 3 is 3.11 bits per heavy atom. The van der Waals surface area contributed by atoms with Crippen molar-refractivity contribution in [3.05, 3.63) is 23.8 Å². The van der Waals surface area contributed by atoms with Crippen molar-refractivity contribution in [3.63, 3.8) is 0 Å². The lowest BCUT2D eigenvalue weighted by atomic mass is 10.1. The predicted molar refractivity (Wildman–Crippen MR) is 65.5 cm³/mol. The summed E-state index contributed by atoms with van der Waals surface area (Å²) in [4.78, 5) is 11.5. The first-order chi connectivity index (χ1) is 8.72. The van der Waals surface area contributed by atoms with E-state index in [0.717, 1.165) is 24.2 Å². The molecule has 5 nitrogen and oxygen atoms in total. The molecule has 3 rings (SSSR count). The number of hydrogen-bond donors (Lipinski definition) is 2. The molecule has 0 aromatic heterocycles. The molecular weight excluding hydrogens is 232 g/mol. The Morgan fingerprint density at radius 1 is 1.50 bits per heavy atom. The number of rotatable bonds is 4. The topological polar surface area (TPSA) is 73.6 Å². The van der Waals surface area contributed by atoms with Gasteiger partial charge in [0.05, 0.1) is 6.04 Å². The lowest BCUT2D eigenvalue weighted by Crippen LogP contribution is -2.30. The fraction of sp³-hybridized carbons (Fsp3) is 0.462. The number of benzene rings is 1. The highest BCUT2D eigenvalue weighted by molar-refractivity contribution is 5.78. The van der Waals surface area contributed by atoms with Crippen molar-refractivity contribution in [2.24, 2.45) is 5.73 Å². The third-order valence-electron chi connectivity index (χ3n) is 3.12. The summed E-state index contributed by atoms with van der Waals surface area (Å²) in [5, 5.41) is 2.87. The van der Waals surface area contributed by atoms with Crippen LogP contribution in [0.25, 0.3) is 0 Å². The molecule has 1 atom stereocenters. The molecule has 0 bridgehead atoms. The number of nitrogens with one attached hydrogen (secondary N) is 1. The zero-order valence-electron chi connectivity index (χ0n) is 10.0. The smallest absolute Gasteiger partial charge is 0.258 e. The van der Waals surface area contributed by atoms with Gasteiger partial charge in [-0.3, -0.25) is 4.79 Å². The van der Waals surface area contributed by atoms with E-state index >= 15 is 0 Å². The maximum atomic E-state index is 11.5. The molecule has 1 saturated carbocycles. The molecule has 0 spiro atoms. The van der Waals surface area contributed by atoms with Crippen molar-refractivity contribution >= 4 is 5.91 Å². The van der Waals surface area contributed by atoms with Crippen LogP contribution >= 0.6 is 0 Å². The molecule has 96 valence electrons. The normalized spacial score (nSPS) is 21.1. The number of fused-ring (bicyclic) bond motifs is 1. The Balaban J connectivity index is 1.58. The molecule has 1 heterocycles. The van der Waals surface area contributed by atoms with Crippen LogP contribution in [0.5, 0.6) is 11.5 Å². The lowest BCUT2D eigenvalue weighted by Gasteiger charge is -2.08. The van der Waals surface area contributed by atoms with Gasteiger partial charge in [-0.05, 0) is 25.0 Å². The maximum absolute atomic E-state index is 11.5. The minimum Gasteiger partial charge on any atom is -0.491 e. The first-order valence-corrected chi connectivity index (χ1v) is 6.17. The zero-order chi connectivity index (χ0) is 12.5. The number of nitrogens with two attached hydrogens (primary N) is 1. The second-order valence-corrected chi connectivity index (χ2v) is 4.75. The Bertz CT molecular complexity index is 471. The minimum absolute atomic E-state index is 0.0430. The highest BCUT2D eigenvalue weighted by Gasteiger charge is 2.24. The van der Waals surface area contributed by atoms with Crippen LogP contribution in [-0.2, 0) is 4.79 Å². The van der Waals surface area contributed by atoms with Crippen LogP contribution in [-0.4, -0.2) is 25.2 Å². The number of amides is 1. The molecule has 1 aromatic rings. The molecule has 1 aliphatic heterocycles.